The molecule has 1 aliphatic rings. The van der Waals surface area contributed by atoms with E-state index in [0.29, 0.717) is 13.1 Å². The largest absolute Gasteiger partial charge is 0.367 e. The van der Waals surface area contributed by atoms with Crippen LogP contribution in [0.4, 0.5) is 5.82 Å². The minimum Gasteiger partial charge on any atom is -0.367 e. The van der Waals surface area contributed by atoms with E-state index in [1.54, 1.807) is 25.1 Å². The fourth-order valence-electron chi connectivity index (χ4n) is 2.81. The summed E-state index contributed by atoms with van der Waals surface area (Å²) in [5, 5.41) is 4.38. The van der Waals surface area contributed by atoms with Crippen molar-refractivity contribution in [1.82, 2.24) is 19.3 Å². The van der Waals surface area contributed by atoms with Crippen LogP contribution < -0.4 is 5.32 Å². The lowest BCUT2D eigenvalue weighted by Gasteiger charge is -2.35. The van der Waals surface area contributed by atoms with E-state index in [4.69, 9.17) is 0 Å². The molecule has 2 N–H and O–H groups in total. The van der Waals surface area contributed by atoms with Gasteiger partial charge in [-0.05, 0) is 39.7 Å². The highest BCUT2D eigenvalue weighted by molar-refractivity contribution is 7.90. The number of rotatable bonds is 3. The number of sulfonamides is 1. The highest BCUT2D eigenvalue weighted by Gasteiger charge is 2.37. The molecule has 1 aliphatic heterocycles. The molecular weight excluding hydrogens is 314 g/mol. The zero-order valence-electron chi connectivity index (χ0n) is 13.7. The first-order valence-electron chi connectivity index (χ1n) is 7.83. The third-order valence-corrected chi connectivity index (χ3v) is 6.86. The smallest absolute Gasteiger partial charge is 0.219 e. The van der Waals surface area contributed by atoms with Crippen LogP contribution in [0.15, 0.2) is 18.6 Å². The van der Waals surface area contributed by atoms with Crippen LogP contribution in [0.25, 0.3) is 11.0 Å². The first-order valence-corrected chi connectivity index (χ1v) is 9.27. The van der Waals surface area contributed by atoms with Gasteiger partial charge in [0.2, 0.25) is 10.0 Å². The molecule has 0 aliphatic carbocycles. The molecule has 0 atom stereocenters. The van der Waals surface area contributed by atoms with Gasteiger partial charge in [0.05, 0.1) is 10.1 Å². The molecule has 1 fully saturated rings. The second-order valence-electron chi connectivity index (χ2n) is 6.90. The number of anilines is 1. The van der Waals surface area contributed by atoms with Gasteiger partial charge in [-0.1, -0.05) is 0 Å². The van der Waals surface area contributed by atoms with Gasteiger partial charge in [-0.3, -0.25) is 0 Å². The van der Waals surface area contributed by atoms with Gasteiger partial charge in [0.1, 0.15) is 17.8 Å². The van der Waals surface area contributed by atoms with Crippen molar-refractivity contribution in [3.63, 3.8) is 0 Å². The molecule has 0 spiro atoms. The maximum absolute atomic E-state index is 12.5. The molecule has 2 aromatic heterocycles. The van der Waals surface area contributed by atoms with E-state index >= 15 is 0 Å². The molecule has 7 nitrogen and oxygen atoms in total. The number of aromatic amines is 1. The maximum Gasteiger partial charge on any atom is 0.219 e. The zero-order valence-corrected chi connectivity index (χ0v) is 14.5. The molecule has 2 aromatic rings. The summed E-state index contributed by atoms with van der Waals surface area (Å²) in [7, 11) is -3.25. The summed E-state index contributed by atoms with van der Waals surface area (Å²) >= 11 is 0. The molecule has 126 valence electrons. The van der Waals surface area contributed by atoms with E-state index in [-0.39, 0.29) is 6.04 Å². The molecular formula is C15H23N5O2S. The predicted octanol–water partition coefficient (Wildman–Crippen LogP) is 1.96. The second kappa shape index (κ2) is 5.76. The second-order valence-corrected chi connectivity index (χ2v) is 9.59. The van der Waals surface area contributed by atoms with Gasteiger partial charge in [-0.25, -0.2) is 22.7 Å². The number of hydrogen-bond donors (Lipinski definition) is 2. The van der Waals surface area contributed by atoms with Gasteiger partial charge >= 0.3 is 0 Å². The summed E-state index contributed by atoms with van der Waals surface area (Å²) in [6.07, 6.45) is 4.90. The van der Waals surface area contributed by atoms with Crippen molar-refractivity contribution in [2.75, 3.05) is 18.4 Å². The Bertz CT molecular complexity index is 786. The maximum atomic E-state index is 12.5. The summed E-state index contributed by atoms with van der Waals surface area (Å²) in [6.45, 7) is 6.32. The van der Waals surface area contributed by atoms with Crippen molar-refractivity contribution in [1.29, 1.82) is 0 Å². The molecule has 8 heteroatoms. The third kappa shape index (κ3) is 3.05. The Kier molecular flexibility index (Phi) is 4.05. The third-order valence-electron chi connectivity index (χ3n) is 4.26. The lowest BCUT2D eigenvalue weighted by Crippen LogP contribution is -2.48. The lowest BCUT2D eigenvalue weighted by molar-refractivity contribution is 0.321. The van der Waals surface area contributed by atoms with Crippen molar-refractivity contribution >= 4 is 26.9 Å². The first-order chi connectivity index (χ1) is 10.8. The van der Waals surface area contributed by atoms with Gasteiger partial charge < -0.3 is 10.3 Å². The quantitative estimate of drug-likeness (QED) is 0.893. The van der Waals surface area contributed by atoms with Crippen LogP contribution in [0.1, 0.15) is 33.6 Å². The van der Waals surface area contributed by atoms with Crippen molar-refractivity contribution < 1.29 is 8.42 Å². The molecule has 0 aromatic carbocycles. The van der Waals surface area contributed by atoms with Gasteiger partial charge in [0, 0.05) is 25.3 Å². The Morgan fingerprint density at radius 2 is 1.96 bits per heavy atom. The highest BCUT2D eigenvalue weighted by atomic mass is 32.2. The summed E-state index contributed by atoms with van der Waals surface area (Å²) in [4.78, 5) is 11.5. The van der Waals surface area contributed by atoms with Gasteiger partial charge in [0.15, 0.2) is 0 Å². The number of piperidine rings is 1. The van der Waals surface area contributed by atoms with Gasteiger partial charge in [-0.15, -0.1) is 0 Å². The molecule has 0 unspecified atom stereocenters. The van der Waals surface area contributed by atoms with Crippen LogP contribution in [0.2, 0.25) is 0 Å². The number of hydrogen-bond acceptors (Lipinski definition) is 5. The monoisotopic (exact) mass is 337 g/mol. The average molecular weight is 337 g/mol. The van der Waals surface area contributed by atoms with E-state index in [2.05, 4.69) is 20.3 Å². The Labute approximate surface area is 136 Å². The summed E-state index contributed by atoms with van der Waals surface area (Å²) in [6, 6.07) is 2.16. The van der Waals surface area contributed by atoms with E-state index in [1.807, 2.05) is 12.3 Å². The van der Waals surface area contributed by atoms with E-state index in [9.17, 15) is 8.42 Å². The van der Waals surface area contributed by atoms with Crippen molar-refractivity contribution in [3.8, 4) is 0 Å². The Morgan fingerprint density at radius 3 is 2.61 bits per heavy atom. The molecule has 3 heterocycles. The molecule has 23 heavy (non-hydrogen) atoms. The molecule has 0 amide bonds. The average Bonchev–Trinajstić information content (AvgIpc) is 2.96. The van der Waals surface area contributed by atoms with Crippen LogP contribution in [-0.4, -0.2) is 51.6 Å². The van der Waals surface area contributed by atoms with Gasteiger partial charge in [0.25, 0.3) is 0 Å². The fourth-order valence-corrected chi connectivity index (χ4v) is 4.27. The summed E-state index contributed by atoms with van der Waals surface area (Å²) < 4.78 is 25.8. The highest BCUT2D eigenvalue weighted by Crippen LogP contribution is 2.26. The van der Waals surface area contributed by atoms with Crippen LogP contribution in [0.5, 0.6) is 0 Å². The number of nitrogens with zero attached hydrogens (tertiary/aromatic N) is 3. The normalized spacial score (nSPS) is 18.4. The minimum atomic E-state index is -3.25. The van der Waals surface area contributed by atoms with Gasteiger partial charge in [-0.2, -0.15) is 0 Å². The first kappa shape index (κ1) is 16.2. The predicted molar refractivity (Wildman–Crippen MR) is 90.8 cm³/mol. The minimum absolute atomic E-state index is 0.217. The molecule has 1 saturated heterocycles. The molecule has 3 rings (SSSR count). The summed E-state index contributed by atoms with van der Waals surface area (Å²) in [5.41, 5.74) is 0.801. The molecule has 0 radical (unpaired) electrons. The van der Waals surface area contributed by atoms with E-state index in [1.165, 1.54) is 6.33 Å². The van der Waals surface area contributed by atoms with Crippen LogP contribution in [-0.2, 0) is 10.0 Å². The lowest BCUT2D eigenvalue weighted by atomic mass is 10.1. The topological polar surface area (TPSA) is 91.0 Å². The Balaban J connectivity index is 1.67. The summed E-state index contributed by atoms with van der Waals surface area (Å²) in [5.74, 6) is 0.799. The van der Waals surface area contributed by atoms with E-state index < -0.39 is 14.8 Å². The number of nitrogens with one attached hydrogen (secondary N) is 2. The Morgan fingerprint density at radius 1 is 1.26 bits per heavy atom. The van der Waals surface area contributed by atoms with Crippen LogP contribution >= 0.6 is 0 Å². The van der Waals surface area contributed by atoms with Crippen LogP contribution in [0, 0.1) is 0 Å². The zero-order chi connectivity index (χ0) is 16.7. The standard InChI is InChI=1S/C15H23N5O2S/c1-15(2,3)23(21,22)20-8-5-11(6-9-20)19-14-12-4-7-16-13(12)17-10-18-14/h4,7,10-11H,5-6,8-9H2,1-3H3,(H2,16,17,18,19). The number of aromatic nitrogens is 3. The van der Waals surface area contributed by atoms with Crippen molar-refractivity contribution in [2.24, 2.45) is 0 Å². The number of fused-ring (bicyclic) bond motifs is 1. The van der Waals surface area contributed by atoms with Crippen molar-refractivity contribution in [2.45, 2.75) is 44.4 Å². The fraction of sp³-hybridized carbons (Fsp3) is 0.600. The molecule has 0 saturated carbocycles. The molecule has 0 bridgehead atoms. The van der Waals surface area contributed by atoms with E-state index in [0.717, 1.165) is 29.7 Å². The number of H-pyrrole nitrogens is 1. The van der Waals surface area contributed by atoms with Crippen molar-refractivity contribution in [3.05, 3.63) is 18.6 Å². The Hall–Kier alpha value is -1.67. The SMILES string of the molecule is CC(C)(C)S(=O)(=O)N1CCC(Nc2ncnc3[nH]ccc23)CC1. The van der Waals surface area contributed by atoms with Crippen LogP contribution in [0.3, 0.4) is 0 Å².